The highest BCUT2D eigenvalue weighted by atomic mass is 16.2. The lowest BCUT2D eigenvalue weighted by molar-refractivity contribution is -0.131. The summed E-state index contributed by atoms with van der Waals surface area (Å²) in [7, 11) is 0. The van der Waals surface area contributed by atoms with Crippen molar-refractivity contribution in [3.63, 3.8) is 0 Å². The molecule has 1 aliphatic heterocycles. The number of ketones is 1. The molecule has 0 aliphatic carbocycles. The molecular weight excluding hydrogens is 252 g/mol. The summed E-state index contributed by atoms with van der Waals surface area (Å²) in [6, 6.07) is 7.30. The van der Waals surface area contributed by atoms with Crippen LogP contribution in [0.15, 0.2) is 18.2 Å². The molecule has 1 aromatic rings. The van der Waals surface area contributed by atoms with Crippen LogP contribution in [-0.4, -0.2) is 29.7 Å². The van der Waals surface area contributed by atoms with Crippen molar-refractivity contribution >= 4 is 11.7 Å². The average Bonchev–Trinajstić information content (AvgIpc) is 2.92. The smallest absolute Gasteiger partial charge is 0.247 e. The molecule has 0 radical (unpaired) electrons. The minimum atomic E-state index is -1.21. The SMILES string of the molecule is Cc1cc(C)cc(C(=O)[C@@H](C#N)C(=O)N2CCCC2)c1. The van der Waals surface area contributed by atoms with Crippen molar-refractivity contribution in [1.29, 1.82) is 5.26 Å². The highest BCUT2D eigenvalue weighted by Crippen LogP contribution is 2.18. The van der Waals surface area contributed by atoms with Gasteiger partial charge >= 0.3 is 0 Å². The van der Waals surface area contributed by atoms with Crippen LogP contribution < -0.4 is 0 Å². The van der Waals surface area contributed by atoms with Gasteiger partial charge in [0.05, 0.1) is 6.07 Å². The third-order valence-corrected chi connectivity index (χ3v) is 3.56. The molecule has 104 valence electrons. The zero-order valence-corrected chi connectivity index (χ0v) is 11.8. The van der Waals surface area contributed by atoms with Gasteiger partial charge in [-0.2, -0.15) is 5.26 Å². The molecule has 1 atom stereocenters. The number of aryl methyl sites for hydroxylation is 2. The van der Waals surface area contributed by atoms with Gasteiger partial charge in [0.2, 0.25) is 5.91 Å². The number of amides is 1. The number of hydrogen-bond donors (Lipinski definition) is 0. The predicted octanol–water partition coefficient (Wildman–Crippen LogP) is 2.25. The molecule has 1 aliphatic rings. The number of rotatable bonds is 3. The number of carbonyl (C=O) groups excluding carboxylic acids is 2. The monoisotopic (exact) mass is 270 g/mol. The van der Waals surface area contributed by atoms with Gasteiger partial charge in [0.15, 0.2) is 11.7 Å². The number of hydrogen-bond acceptors (Lipinski definition) is 3. The summed E-state index contributed by atoms with van der Waals surface area (Å²) in [5.74, 6) is -1.96. The molecular formula is C16H18N2O2. The fourth-order valence-electron chi connectivity index (χ4n) is 2.63. The molecule has 1 aromatic carbocycles. The van der Waals surface area contributed by atoms with E-state index in [1.54, 1.807) is 17.0 Å². The molecule has 2 rings (SSSR count). The molecule has 1 heterocycles. The summed E-state index contributed by atoms with van der Waals surface area (Å²) >= 11 is 0. The van der Waals surface area contributed by atoms with E-state index in [0.29, 0.717) is 18.7 Å². The number of Topliss-reactive ketones (excluding diaryl/α,β-unsaturated/α-hetero) is 1. The number of carbonyl (C=O) groups is 2. The predicted molar refractivity (Wildman–Crippen MR) is 75.2 cm³/mol. The van der Waals surface area contributed by atoms with Gasteiger partial charge in [-0.05, 0) is 38.8 Å². The molecule has 1 saturated heterocycles. The number of likely N-dealkylation sites (tertiary alicyclic amines) is 1. The van der Waals surface area contributed by atoms with E-state index in [1.807, 2.05) is 26.0 Å². The normalized spacial score (nSPS) is 15.8. The van der Waals surface area contributed by atoms with E-state index in [0.717, 1.165) is 24.0 Å². The molecule has 0 bridgehead atoms. The highest BCUT2D eigenvalue weighted by Gasteiger charge is 2.32. The van der Waals surface area contributed by atoms with Gasteiger partial charge in [-0.1, -0.05) is 17.2 Å². The Labute approximate surface area is 119 Å². The van der Waals surface area contributed by atoms with Gasteiger partial charge < -0.3 is 4.90 Å². The Kier molecular flexibility index (Phi) is 4.19. The van der Waals surface area contributed by atoms with Crippen molar-refractivity contribution < 1.29 is 9.59 Å². The Morgan fingerprint density at radius 1 is 1.15 bits per heavy atom. The molecule has 4 nitrogen and oxygen atoms in total. The van der Waals surface area contributed by atoms with Crippen LogP contribution >= 0.6 is 0 Å². The largest absolute Gasteiger partial charge is 0.341 e. The molecule has 0 unspecified atom stereocenters. The quantitative estimate of drug-likeness (QED) is 0.625. The average molecular weight is 270 g/mol. The van der Waals surface area contributed by atoms with Crippen LogP contribution in [0.1, 0.15) is 34.3 Å². The van der Waals surface area contributed by atoms with Gasteiger partial charge in [-0.3, -0.25) is 9.59 Å². The molecule has 20 heavy (non-hydrogen) atoms. The van der Waals surface area contributed by atoms with Crippen LogP contribution in [-0.2, 0) is 4.79 Å². The Balaban J connectivity index is 2.24. The van der Waals surface area contributed by atoms with Gasteiger partial charge in [-0.25, -0.2) is 0 Å². The molecule has 0 aromatic heterocycles. The summed E-state index contributed by atoms with van der Waals surface area (Å²) < 4.78 is 0. The summed E-state index contributed by atoms with van der Waals surface area (Å²) in [5.41, 5.74) is 2.36. The maximum Gasteiger partial charge on any atom is 0.247 e. The molecule has 1 amide bonds. The molecule has 1 fully saturated rings. The number of nitriles is 1. The highest BCUT2D eigenvalue weighted by molar-refractivity contribution is 6.12. The first-order chi connectivity index (χ1) is 9.52. The minimum Gasteiger partial charge on any atom is -0.341 e. The Morgan fingerprint density at radius 3 is 2.20 bits per heavy atom. The fraction of sp³-hybridized carbons (Fsp3) is 0.438. The van der Waals surface area contributed by atoms with Crippen molar-refractivity contribution in [3.8, 4) is 6.07 Å². The van der Waals surface area contributed by atoms with E-state index < -0.39 is 11.7 Å². The standard InChI is InChI=1S/C16H18N2O2/c1-11-7-12(2)9-13(8-11)15(19)14(10-17)16(20)18-5-3-4-6-18/h7-9,14H,3-6H2,1-2H3/t14-/m1/s1. The van der Waals surface area contributed by atoms with Crippen molar-refractivity contribution in [1.82, 2.24) is 4.90 Å². The van der Waals surface area contributed by atoms with Crippen molar-refractivity contribution in [2.45, 2.75) is 26.7 Å². The van der Waals surface area contributed by atoms with Crippen LogP contribution in [0.3, 0.4) is 0 Å². The zero-order chi connectivity index (χ0) is 14.7. The Hall–Kier alpha value is -2.15. The second kappa shape index (κ2) is 5.87. The molecule has 0 N–H and O–H groups in total. The second-order valence-electron chi connectivity index (χ2n) is 5.34. The summed E-state index contributed by atoms with van der Waals surface area (Å²) in [4.78, 5) is 26.3. The third kappa shape index (κ3) is 2.88. The summed E-state index contributed by atoms with van der Waals surface area (Å²) in [6.45, 7) is 5.09. The van der Waals surface area contributed by atoms with Crippen molar-refractivity contribution in [3.05, 3.63) is 34.9 Å². The van der Waals surface area contributed by atoms with E-state index >= 15 is 0 Å². The maximum absolute atomic E-state index is 12.4. The first-order valence-corrected chi connectivity index (χ1v) is 6.84. The first-order valence-electron chi connectivity index (χ1n) is 6.84. The molecule has 0 saturated carbocycles. The van der Waals surface area contributed by atoms with E-state index in [1.165, 1.54) is 0 Å². The number of nitrogens with zero attached hydrogens (tertiary/aromatic N) is 2. The van der Waals surface area contributed by atoms with E-state index in [9.17, 15) is 14.9 Å². The van der Waals surface area contributed by atoms with Crippen LogP contribution in [0.5, 0.6) is 0 Å². The van der Waals surface area contributed by atoms with Crippen molar-refractivity contribution in [2.75, 3.05) is 13.1 Å². The van der Waals surface area contributed by atoms with Crippen LogP contribution in [0.2, 0.25) is 0 Å². The Bertz CT molecular complexity index is 560. The maximum atomic E-state index is 12.4. The Morgan fingerprint density at radius 2 is 1.70 bits per heavy atom. The van der Waals surface area contributed by atoms with Gasteiger partial charge in [0.1, 0.15) is 0 Å². The van der Waals surface area contributed by atoms with E-state index in [2.05, 4.69) is 0 Å². The van der Waals surface area contributed by atoms with E-state index in [4.69, 9.17) is 0 Å². The topological polar surface area (TPSA) is 61.2 Å². The van der Waals surface area contributed by atoms with Crippen LogP contribution in [0.25, 0.3) is 0 Å². The lowest BCUT2D eigenvalue weighted by Gasteiger charge is -2.18. The summed E-state index contributed by atoms with van der Waals surface area (Å²) in [5, 5.41) is 9.21. The van der Waals surface area contributed by atoms with Gasteiger partial charge in [0.25, 0.3) is 0 Å². The lowest BCUT2D eigenvalue weighted by Crippen LogP contribution is -2.37. The van der Waals surface area contributed by atoms with Crippen LogP contribution in [0, 0.1) is 31.1 Å². The lowest BCUT2D eigenvalue weighted by atomic mass is 9.95. The van der Waals surface area contributed by atoms with Crippen LogP contribution in [0.4, 0.5) is 0 Å². The minimum absolute atomic E-state index is 0.353. The zero-order valence-electron chi connectivity index (χ0n) is 11.8. The number of benzene rings is 1. The van der Waals surface area contributed by atoms with E-state index in [-0.39, 0.29) is 5.91 Å². The third-order valence-electron chi connectivity index (χ3n) is 3.56. The second-order valence-corrected chi connectivity index (χ2v) is 5.34. The molecule has 0 spiro atoms. The summed E-state index contributed by atoms with van der Waals surface area (Å²) in [6.07, 6.45) is 1.89. The first kappa shape index (κ1) is 14.3. The van der Waals surface area contributed by atoms with Gasteiger partial charge in [-0.15, -0.1) is 0 Å². The van der Waals surface area contributed by atoms with Crippen molar-refractivity contribution in [2.24, 2.45) is 5.92 Å². The fourth-order valence-corrected chi connectivity index (χ4v) is 2.63. The van der Waals surface area contributed by atoms with Gasteiger partial charge in [0, 0.05) is 18.7 Å². The molecule has 4 heteroatoms.